The molecule has 150 valence electrons. The van der Waals surface area contributed by atoms with Gasteiger partial charge in [0, 0.05) is 31.9 Å². The number of carbonyl (C=O) groups is 1. The lowest BCUT2D eigenvalue weighted by atomic mass is 10.1. The largest absolute Gasteiger partial charge is 0.335 e. The van der Waals surface area contributed by atoms with Crippen molar-refractivity contribution in [3.8, 4) is 5.69 Å². The Kier molecular flexibility index (Phi) is 5.17. The van der Waals surface area contributed by atoms with Crippen molar-refractivity contribution in [3.63, 3.8) is 0 Å². The second-order valence-corrected chi connectivity index (χ2v) is 8.71. The average Bonchev–Trinajstić information content (AvgIpc) is 2.51. The van der Waals surface area contributed by atoms with E-state index in [-0.39, 0.29) is 23.7 Å². The van der Waals surface area contributed by atoms with Crippen molar-refractivity contribution in [3.05, 3.63) is 61.1 Å². The van der Waals surface area contributed by atoms with Crippen LogP contribution in [0.25, 0.3) is 5.69 Å². The number of sulfonamides is 1. The Morgan fingerprint density at radius 1 is 1.29 bits per heavy atom. The van der Waals surface area contributed by atoms with E-state index in [2.05, 4.69) is 5.32 Å². The van der Waals surface area contributed by atoms with E-state index >= 15 is 0 Å². The predicted molar refractivity (Wildman–Crippen MR) is 100 cm³/mol. The first-order chi connectivity index (χ1) is 13.0. The first-order valence-corrected chi connectivity index (χ1v) is 10.0. The summed E-state index contributed by atoms with van der Waals surface area (Å²) in [6.07, 6.45) is 0. The Labute approximate surface area is 163 Å². The molecule has 0 atom stereocenters. The van der Waals surface area contributed by atoms with Crippen LogP contribution in [0.2, 0.25) is 5.02 Å². The van der Waals surface area contributed by atoms with Crippen LogP contribution in [-0.2, 0) is 17.1 Å². The van der Waals surface area contributed by atoms with Gasteiger partial charge in [0.1, 0.15) is 11.1 Å². The van der Waals surface area contributed by atoms with Crippen molar-refractivity contribution >= 4 is 27.5 Å². The molecular formula is C16H16ClFN4O5S. The van der Waals surface area contributed by atoms with Gasteiger partial charge in [0.2, 0.25) is 10.0 Å². The lowest BCUT2D eigenvalue weighted by Crippen LogP contribution is -2.55. The molecule has 1 aliphatic rings. The van der Waals surface area contributed by atoms with Gasteiger partial charge >= 0.3 is 5.69 Å². The SMILES string of the molecule is Cc1cc(=O)n(-c2cc(C(=O)NS(=O)(=O)C3CNC3)c(Cl)cc2F)c(=O)n1C. The van der Waals surface area contributed by atoms with E-state index in [9.17, 15) is 27.2 Å². The molecule has 1 aromatic carbocycles. The highest BCUT2D eigenvalue weighted by Gasteiger charge is 2.33. The summed E-state index contributed by atoms with van der Waals surface area (Å²) in [5.41, 5.74) is -2.17. The highest BCUT2D eigenvalue weighted by Crippen LogP contribution is 2.23. The Morgan fingerprint density at radius 3 is 2.50 bits per heavy atom. The number of rotatable bonds is 4. The quantitative estimate of drug-likeness (QED) is 0.685. The van der Waals surface area contributed by atoms with E-state index in [1.54, 1.807) is 0 Å². The van der Waals surface area contributed by atoms with Crippen LogP contribution in [0.15, 0.2) is 27.8 Å². The number of benzene rings is 1. The van der Waals surface area contributed by atoms with Gasteiger partial charge in [0.15, 0.2) is 0 Å². The minimum absolute atomic E-state index is 0.194. The molecule has 1 aliphatic heterocycles. The number of nitrogens with zero attached hydrogens (tertiary/aromatic N) is 2. The normalized spacial score (nSPS) is 14.6. The predicted octanol–water partition coefficient (Wildman–Crippen LogP) is -0.331. The fourth-order valence-electron chi connectivity index (χ4n) is 2.59. The molecule has 2 N–H and O–H groups in total. The minimum Gasteiger partial charge on any atom is -0.314 e. The molecule has 3 rings (SSSR count). The summed E-state index contributed by atoms with van der Waals surface area (Å²) in [6.45, 7) is 1.92. The number of carbonyl (C=O) groups excluding carboxylic acids is 1. The Hall–Kier alpha value is -2.50. The fraction of sp³-hybridized carbons (Fsp3) is 0.312. The smallest absolute Gasteiger partial charge is 0.314 e. The average molecular weight is 431 g/mol. The molecule has 28 heavy (non-hydrogen) atoms. The van der Waals surface area contributed by atoms with Gasteiger partial charge in [-0.3, -0.25) is 9.59 Å². The molecule has 0 spiro atoms. The number of nitrogens with one attached hydrogen (secondary N) is 2. The van der Waals surface area contributed by atoms with Crippen LogP contribution in [0.4, 0.5) is 4.39 Å². The zero-order valence-electron chi connectivity index (χ0n) is 14.8. The van der Waals surface area contributed by atoms with Crippen molar-refractivity contribution in [1.82, 2.24) is 19.2 Å². The molecule has 12 heteroatoms. The third-order valence-corrected chi connectivity index (χ3v) is 6.49. The van der Waals surface area contributed by atoms with E-state index in [4.69, 9.17) is 11.6 Å². The zero-order valence-corrected chi connectivity index (χ0v) is 16.4. The second-order valence-electron chi connectivity index (χ2n) is 6.34. The Balaban J connectivity index is 2.10. The summed E-state index contributed by atoms with van der Waals surface area (Å²) >= 11 is 5.90. The van der Waals surface area contributed by atoms with E-state index in [0.29, 0.717) is 10.3 Å². The van der Waals surface area contributed by atoms with E-state index in [1.807, 2.05) is 4.72 Å². The molecule has 9 nitrogen and oxygen atoms in total. The summed E-state index contributed by atoms with van der Waals surface area (Å²) in [7, 11) is -2.56. The van der Waals surface area contributed by atoms with E-state index in [1.165, 1.54) is 14.0 Å². The second kappa shape index (κ2) is 7.15. The molecule has 0 saturated carbocycles. The molecule has 2 heterocycles. The highest BCUT2D eigenvalue weighted by atomic mass is 35.5. The molecule has 2 aromatic rings. The summed E-state index contributed by atoms with van der Waals surface area (Å²) in [5.74, 6) is -2.11. The highest BCUT2D eigenvalue weighted by molar-refractivity contribution is 7.90. The topological polar surface area (TPSA) is 119 Å². The van der Waals surface area contributed by atoms with Crippen LogP contribution in [0, 0.1) is 12.7 Å². The van der Waals surface area contributed by atoms with Gasteiger partial charge < -0.3 is 9.88 Å². The van der Waals surface area contributed by atoms with Gasteiger partial charge in [-0.2, -0.15) is 0 Å². The number of aryl methyl sites for hydroxylation is 1. The summed E-state index contributed by atoms with van der Waals surface area (Å²) in [6, 6.07) is 2.75. The van der Waals surface area contributed by atoms with Gasteiger partial charge in [-0.1, -0.05) is 11.6 Å². The van der Waals surface area contributed by atoms with Crippen LogP contribution in [0.1, 0.15) is 16.1 Å². The van der Waals surface area contributed by atoms with Crippen molar-refractivity contribution in [2.45, 2.75) is 12.2 Å². The van der Waals surface area contributed by atoms with Gasteiger partial charge in [-0.25, -0.2) is 26.9 Å². The number of hydrogen-bond donors (Lipinski definition) is 2. The molecule has 0 radical (unpaired) electrons. The van der Waals surface area contributed by atoms with Gasteiger partial charge in [-0.05, 0) is 19.1 Å². The lowest BCUT2D eigenvalue weighted by Gasteiger charge is -2.26. The molecule has 0 bridgehead atoms. The lowest BCUT2D eigenvalue weighted by molar-refractivity contribution is 0.0981. The van der Waals surface area contributed by atoms with Crippen LogP contribution in [0.3, 0.4) is 0 Å². The first-order valence-electron chi connectivity index (χ1n) is 8.08. The van der Waals surface area contributed by atoms with E-state index in [0.717, 1.165) is 22.8 Å². The van der Waals surface area contributed by atoms with Crippen LogP contribution in [-0.4, -0.2) is 41.8 Å². The third kappa shape index (κ3) is 3.48. The van der Waals surface area contributed by atoms with Gasteiger partial charge in [0.05, 0.1) is 16.3 Å². The Bertz CT molecular complexity index is 1200. The summed E-state index contributed by atoms with van der Waals surface area (Å²) < 4.78 is 42.2. The maximum absolute atomic E-state index is 14.5. The standard InChI is InChI=1S/C16H16ClFN4O5S/c1-8-3-14(23)22(16(25)21(8)2)13-4-10(11(17)5-12(13)18)15(24)20-28(26,27)9-6-19-7-9/h3-5,9,19H,6-7H2,1-2H3,(H,20,24). The molecule has 0 unspecified atom stereocenters. The van der Waals surface area contributed by atoms with Crippen LogP contribution in [0.5, 0.6) is 0 Å². The minimum atomic E-state index is -3.95. The molecular weight excluding hydrogens is 415 g/mol. The number of amides is 1. The number of hydrogen-bond acceptors (Lipinski definition) is 6. The van der Waals surface area contributed by atoms with Gasteiger partial charge in [-0.15, -0.1) is 0 Å². The summed E-state index contributed by atoms with van der Waals surface area (Å²) in [4.78, 5) is 37.1. The molecule has 1 saturated heterocycles. The van der Waals surface area contributed by atoms with Gasteiger partial charge in [0.25, 0.3) is 11.5 Å². The number of aromatic nitrogens is 2. The van der Waals surface area contributed by atoms with Crippen LogP contribution >= 0.6 is 11.6 Å². The maximum atomic E-state index is 14.5. The monoisotopic (exact) mass is 430 g/mol. The number of halogens is 2. The van der Waals surface area contributed by atoms with E-state index < -0.39 is 43.9 Å². The molecule has 1 aromatic heterocycles. The first kappa shape index (κ1) is 20.2. The maximum Gasteiger partial charge on any atom is 0.335 e. The fourth-order valence-corrected chi connectivity index (χ4v) is 4.03. The Morgan fingerprint density at radius 2 is 1.93 bits per heavy atom. The molecule has 1 amide bonds. The zero-order chi connectivity index (χ0) is 20.8. The third-order valence-electron chi connectivity index (χ3n) is 4.50. The van der Waals surface area contributed by atoms with Crippen LogP contribution < -0.4 is 21.3 Å². The molecule has 1 fully saturated rings. The van der Waals surface area contributed by atoms with Crippen molar-refractivity contribution in [2.75, 3.05) is 13.1 Å². The van der Waals surface area contributed by atoms with Crippen molar-refractivity contribution in [2.24, 2.45) is 7.05 Å². The molecule has 0 aliphatic carbocycles. The summed E-state index contributed by atoms with van der Waals surface area (Å²) in [5, 5.41) is 1.63. The van der Waals surface area contributed by atoms with Crippen molar-refractivity contribution in [1.29, 1.82) is 0 Å². The van der Waals surface area contributed by atoms with Crippen molar-refractivity contribution < 1.29 is 17.6 Å².